The molecule has 0 saturated carbocycles. The van der Waals surface area contributed by atoms with E-state index in [1.165, 1.54) is 23.1 Å². The molecule has 8 nitrogen and oxygen atoms in total. The van der Waals surface area contributed by atoms with E-state index in [4.69, 9.17) is 9.47 Å². The average Bonchev–Trinajstić information content (AvgIpc) is 3.31. The maximum atomic E-state index is 12.9. The van der Waals surface area contributed by atoms with Crippen molar-refractivity contribution in [2.75, 3.05) is 57.7 Å². The first-order valence-electron chi connectivity index (χ1n) is 10.4. The predicted octanol–water partition coefficient (Wildman–Crippen LogP) is 2.55. The number of para-hydroxylation sites is 2. The molecule has 1 aliphatic rings. The second-order valence-corrected chi connectivity index (χ2v) is 9.17. The summed E-state index contributed by atoms with van der Waals surface area (Å²) in [7, 11) is 3.27. The number of nitrogens with zero attached hydrogens (tertiary/aromatic N) is 4. The van der Waals surface area contributed by atoms with Gasteiger partial charge in [-0.3, -0.25) is 14.2 Å². The van der Waals surface area contributed by atoms with E-state index in [1.807, 2.05) is 40.6 Å². The molecule has 10 heteroatoms. The summed E-state index contributed by atoms with van der Waals surface area (Å²) in [6, 6.07) is 9.77. The lowest BCUT2D eigenvalue weighted by Gasteiger charge is -2.36. The number of amides is 1. The van der Waals surface area contributed by atoms with Crippen LogP contribution >= 0.6 is 23.1 Å². The second kappa shape index (κ2) is 10.4. The van der Waals surface area contributed by atoms with Gasteiger partial charge in [-0.25, -0.2) is 4.98 Å². The highest BCUT2D eigenvalue weighted by molar-refractivity contribution is 7.99. The van der Waals surface area contributed by atoms with Gasteiger partial charge in [0.2, 0.25) is 5.91 Å². The molecule has 2 aromatic heterocycles. The molecule has 32 heavy (non-hydrogen) atoms. The van der Waals surface area contributed by atoms with Crippen molar-refractivity contribution in [3.05, 3.63) is 46.1 Å². The van der Waals surface area contributed by atoms with Crippen molar-refractivity contribution in [2.24, 2.45) is 0 Å². The van der Waals surface area contributed by atoms with Gasteiger partial charge in [0.05, 0.1) is 37.2 Å². The van der Waals surface area contributed by atoms with E-state index in [-0.39, 0.29) is 17.2 Å². The Bertz CT molecular complexity index is 1140. The molecule has 1 saturated heterocycles. The number of carbonyl (C=O) groups excluding carboxylic acids is 1. The molecular weight excluding hydrogens is 448 g/mol. The van der Waals surface area contributed by atoms with E-state index in [9.17, 15) is 9.59 Å². The molecule has 0 atom stereocenters. The summed E-state index contributed by atoms with van der Waals surface area (Å²) >= 11 is 2.69. The standard InChI is InChI=1S/C22H26N4O4S2/c1-29-13-12-26-21(28)20-16(7-14-31-20)23-22(26)32-15-19(27)25-10-8-24(9-11-25)17-5-3-4-6-18(17)30-2/h3-7,14H,8-13,15H2,1-2H3. The minimum atomic E-state index is -0.0811. The first-order chi connectivity index (χ1) is 15.6. The number of benzene rings is 1. The van der Waals surface area contributed by atoms with Crippen LogP contribution in [0.5, 0.6) is 5.75 Å². The molecule has 0 spiro atoms. The van der Waals surface area contributed by atoms with Crippen molar-refractivity contribution in [3.8, 4) is 5.75 Å². The molecule has 1 aromatic carbocycles. The molecule has 0 N–H and O–H groups in total. The van der Waals surface area contributed by atoms with Crippen LogP contribution in [-0.4, -0.2) is 73.1 Å². The zero-order valence-electron chi connectivity index (χ0n) is 18.2. The van der Waals surface area contributed by atoms with Crippen LogP contribution in [0.1, 0.15) is 0 Å². The number of carbonyl (C=O) groups is 1. The summed E-state index contributed by atoms with van der Waals surface area (Å²) in [5, 5.41) is 2.42. The highest BCUT2D eigenvalue weighted by Gasteiger charge is 2.23. The highest BCUT2D eigenvalue weighted by Crippen LogP contribution is 2.28. The van der Waals surface area contributed by atoms with E-state index in [2.05, 4.69) is 9.88 Å². The van der Waals surface area contributed by atoms with Crippen LogP contribution in [0.15, 0.2) is 45.7 Å². The number of aromatic nitrogens is 2. The number of hydrogen-bond acceptors (Lipinski definition) is 8. The van der Waals surface area contributed by atoms with Gasteiger partial charge in [-0.15, -0.1) is 11.3 Å². The maximum Gasteiger partial charge on any atom is 0.272 e. The number of thiophene rings is 1. The van der Waals surface area contributed by atoms with E-state index < -0.39 is 0 Å². The minimum Gasteiger partial charge on any atom is -0.495 e. The fourth-order valence-corrected chi connectivity index (χ4v) is 5.43. The third kappa shape index (κ3) is 4.77. The van der Waals surface area contributed by atoms with Crippen LogP contribution in [-0.2, 0) is 16.1 Å². The molecule has 170 valence electrons. The fourth-order valence-electron chi connectivity index (χ4n) is 3.72. The number of anilines is 1. The molecule has 4 rings (SSSR count). The minimum absolute atomic E-state index is 0.0487. The van der Waals surface area contributed by atoms with Crippen LogP contribution < -0.4 is 15.2 Å². The molecule has 0 aliphatic carbocycles. The molecule has 0 bridgehead atoms. The number of ether oxygens (including phenoxy) is 2. The van der Waals surface area contributed by atoms with Crippen LogP contribution in [0, 0.1) is 0 Å². The Morgan fingerprint density at radius 2 is 1.94 bits per heavy atom. The van der Waals surface area contributed by atoms with Gasteiger partial charge < -0.3 is 19.3 Å². The molecule has 0 radical (unpaired) electrons. The number of thioether (sulfide) groups is 1. The summed E-state index contributed by atoms with van der Waals surface area (Å²) in [5.41, 5.74) is 1.64. The largest absolute Gasteiger partial charge is 0.495 e. The van der Waals surface area contributed by atoms with Gasteiger partial charge in [-0.1, -0.05) is 23.9 Å². The van der Waals surface area contributed by atoms with Crippen LogP contribution in [0.4, 0.5) is 5.69 Å². The Balaban J connectivity index is 1.40. The number of methoxy groups -OCH3 is 2. The predicted molar refractivity (Wildman–Crippen MR) is 128 cm³/mol. The monoisotopic (exact) mass is 474 g/mol. The van der Waals surface area contributed by atoms with Crippen molar-refractivity contribution in [3.63, 3.8) is 0 Å². The number of rotatable bonds is 8. The van der Waals surface area contributed by atoms with E-state index in [0.717, 1.165) is 24.5 Å². The fraction of sp³-hybridized carbons (Fsp3) is 0.409. The quantitative estimate of drug-likeness (QED) is 0.367. The van der Waals surface area contributed by atoms with Gasteiger partial charge in [0, 0.05) is 33.3 Å². The van der Waals surface area contributed by atoms with Crippen molar-refractivity contribution in [2.45, 2.75) is 11.7 Å². The summed E-state index contributed by atoms with van der Waals surface area (Å²) in [6.07, 6.45) is 0. The zero-order valence-corrected chi connectivity index (χ0v) is 19.8. The SMILES string of the molecule is COCCn1c(SCC(=O)N2CCN(c3ccccc3OC)CC2)nc2ccsc2c1=O. The third-order valence-electron chi connectivity index (χ3n) is 5.43. The van der Waals surface area contributed by atoms with Gasteiger partial charge in [-0.05, 0) is 23.6 Å². The van der Waals surface area contributed by atoms with E-state index >= 15 is 0 Å². The molecular formula is C22H26N4O4S2. The Morgan fingerprint density at radius 1 is 1.16 bits per heavy atom. The van der Waals surface area contributed by atoms with E-state index in [0.29, 0.717) is 41.6 Å². The highest BCUT2D eigenvalue weighted by atomic mass is 32.2. The summed E-state index contributed by atoms with van der Waals surface area (Å²) in [4.78, 5) is 34.5. The molecule has 3 aromatic rings. The molecule has 1 aliphatic heterocycles. The molecule has 1 fully saturated rings. The van der Waals surface area contributed by atoms with Crippen LogP contribution in [0.25, 0.3) is 10.2 Å². The van der Waals surface area contributed by atoms with Crippen molar-refractivity contribution < 1.29 is 14.3 Å². The average molecular weight is 475 g/mol. The lowest BCUT2D eigenvalue weighted by atomic mass is 10.2. The Hall–Kier alpha value is -2.56. The van der Waals surface area contributed by atoms with Gasteiger partial charge in [-0.2, -0.15) is 0 Å². The van der Waals surface area contributed by atoms with Crippen molar-refractivity contribution in [1.82, 2.24) is 14.5 Å². The molecule has 1 amide bonds. The lowest BCUT2D eigenvalue weighted by molar-refractivity contribution is -0.128. The summed E-state index contributed by atoms with van der Waals surface area (Å²) < 4.78 is 12.9. The number of fused-ring (bicyclic) bond motifs is 1. The third-order valence-corrected chi connectivity index (χ3v) is 7.29. The van der Waals surface area contributed by atoms with E-state index in [1.54, 1.807) is 18.8 Å². The van der Waals surface area contributed by atoms with Crippen molar-refractivity contribution >= 4 is 44.9 Å². The lowest BCUT2D eigenvalue weighted by Crippen LogP contribution is -2.49. The summed E-state index contributed by atoms with van der Waals surface area (Å²) in [6.45, 7) is 3.59. The first kappa shape index (κ1) is 22.6. The Morgan fingerprint density at radius 3 is 2.69 bits per heavy atom. The van der Waals surface area contributed by atoms with Gasteiger partial charge in [0.15, 0.2) is 5.16 Å². The Labute approximate surface area is 194 Å². The summed E-state index contributed by atoms with van der Waals surface area (Å²) in [5.74, 6) is 1.13. The maximum absolute atomic E-state index is 12.9. The number of piperazine rings is 1. The molecule has 0 unspecified atom stereocenters. The van der Waals surface area contributed by atoms with Crippen molar-refractivity contribution in [1.29, 1.82) is 0 Å². The van der Waals surface area contributed by atoms with Gasteiger partial charge in [0.1, 0.15) is 10.4 Å². The smallest absolute Gasteiger partial charge is 0.272 e. The zero-order chi connectivity index (χ0) is 22.5. The topological polar surface area (TPSA) is 76.9 Å². The molecule has 3 heterocycles. The van der Waals surface area contributed by atoms with Gasteiger partial charge in [0.25, 0.3) is 5.56 Å². The van der Waals surface area contributed by atoms with Crippen LogP contribution in [0.3, 0.4) is 0 Å². The normalized spacial score (nSPS) is 14.2. The number of hydrogen-bond donors (Lipinski definition) is 0. The first-order valence-corrected chi connectivity index (χ1v) is 12.2. The Kier molecular flexibility index (Phi) is 7.33. The van der Waals surface area contributed by atoms with Gasteiger partial charge >= 0.3 is 0 Å². The van der Waals surface area contributed by atoms with Crippen LogP contribution in [0.2, 0.25) is 0 Å². The second-order valence-electron chi connectivity index (χ2n) is 7.31.